The van der Waals surface area contributed by atoms with E-state index in [4.69, 9.17) is 9.47 Å². The van der Waals surface area contributed by atoms with Crippen LogP contribution in [0.5, 0.6) is 11.5 Å². The molecule has 0 bridgehead atoms. The van der Waals surface area contributed by atoms with E-state index in [1.54, 1.807) is 24.3 Å². The quantitative estimate of drug-likeness (QED) is 0.624. The molecule has 3 rings (SSSR count). The average molecular weight is 388 g/mol. The van der Waals surface area contributed by atoms with Crippen molar-refractivity contribution in [3.8, 4) is 17.6 Å². The maximum atomic E-state index is 12.8. The molecule has 8 heteroatoms. The van der Waals surface area contributed by atoms with E-state index < -0.39 is 17.6 Å². The summed E-state index contributed by atoms with van der Waals surface area (Å²) < 4.78 is 49.6. The van der Waals surface area contributed by atoms with Crippen LogP contribution in [0.3, 0.4) is 0 Å². The normalized spacial score (nSPS) is 14.0. The molecule has 0 aliphatic carbocycles. The molecule has 144 valence electrons. The summed E-state index contributed by atoms with van der Waals surface area (Å²) in [4.78, 5) is 12.4. The molecule has 1 N–H and O–H groups in total. The number of hydrogen-bond acceptors (Lipinski definition) is 4. The zero-order valence-corrected chi connectivity index (χ0v) is 14.5. The minimum absolute atomic E-state index is 0.0625. The number of para-hydroxylation sites is 1. The molecular weight excluding hydrogens is 373 g/mol. The summed E-state index contributed by atoms with van der Waals surface area (Å²) in [5.41, 5.74) is -0.770. The Balaban J connectivity index is 1.86. The minimum atomic E-state index is -4.53. The van der Waals surface area contributed by atoms with Gasteiger partial charge in [-0.2, -0.15) is 18.4 Å². The summed E-state index contributed by atoms with van der Waals surface area (Å²) in [6.45, 7) is 0.914. The molecule has 2 aromatic rings. The van der Waals surface area contributed by atoms with Gasteiger partial charge in [0, 0.05) is 17.7 Å². The summed E-state index contributed by atoms with van der Waals surface area (Å²) in [6.07, 6.45) is -2.52. The number of ether oxygens (including phenoxy) is 2. The van der Waals surface area contributed by atoms with Gasteiger partial charge in [0.25, 0.3) is 5.91 Å². The number of rotatable bonds is 3. The summed E-state index contributed by atoms with van der Waals surface area (Å²) >= 11 is 0. The number of fused-ring (bicyclic) bond motifs is 1. The molecule has 1 aliphatic heterocycles. The van der Waals surface area contributed by atoms with Gasteiger partial charge in [-0.1, -0.05) is 18.2 Å². The van der Waals surface area contributed by atoms with Crippen molar-refractivity contribution in [3.63, 3.8) is 0 Å². The molecule has 1 aliphatic rings. The van der Waals surface area contributed by atoms with Crippen LogP contribution in [0, 0.1) is 11.3 Å². The summed E-state index contributed by atoms with van der Waals surface area (Å²) in [5, 5.41) is 11.7. The Kier molecular flexibility index (Phi) is 5.54. The Morgan fingerprint density at radius 1 is 1.14 bits per heavy atom. The van der Waals surface area contributed by atoms with Crippen molar-refractivity contribution >= 4 is 17.7 Å². The first-order valence-electron chi connectivity index (χ1n) is 8.37. The number of halogens is 3. The van der Waals surface area contributed by atoms with Gasteiger partial charge in [0.05, 0.1) is 18.8 Å². The first-order valence-corrected chi connectivity index (χ1v) is 8.37. The van der Waals surface area contributed by atoms with Crippen molar-refractivity contribution in [2.24, 2.45) is 0 Å². The van der Waals surface area contributed by atoms with E-state index in [2.05, 4.69) is 5.32 Å². The highest BCUT2D eigenvalue weighted by atomic mass is 19.4. The first-order chi connectivity index (χ1) is 13.4. The van der Waals surface area contributed by atoms with E-state index in [0.29, 0.717) is 36.7 Å². The highest BCUT2D eigenvalue weighted by Crippen LogP contribution is 2.35. The third-order valence-corrected chi connectivity index (χ3v) is 3.91. The van der Waals surface area contributed by atoms with Crippen LogP contribution in [-0.4, -0.2) is 19.1 Å². The molecule has 0 fully saturated rings. The monoisotopic (exact) mass is 388 g/mol. The molecule has 0 saturated carbocycles. The van der Waals surface area contributed by atoms with Gasteiger partial charge in [0.15, 0.2) is 11.5 Å². The Bertz CT molecular complexity index is 962. The number of carbonyl (C=O) groups excluding carboxylic acids is 1. The zero-order valence-electron chi connectivity index (χ0n) is 14.5. The second-order valence-electron chi connectivity index (χ2n) is 5.93. The molecule has 0 spiro atoms. The lowest BCUT2D eigenvalue weighted by molar-refractivity contribution is -0.137. The van der Waals surface area contributed by atoms with Gasteiger partial charge in [-0.3, -0.25) is 4.79 Å². The van der Waals surface area contributed by atoms with Crippen LogP contribution < -0.4 is 14.8 Å². The van der Waals surface area contributed by atoms with Gasteiger partial charge in [-0.25, -0.2) is 0 Å². The molecule has 1 heterocycles. The van der Waals surface area contributed by atoms with Gasteiger partial charge in [-0.15, -0.1) is 0 Å². The fourth-order valence-electron chi connectivity index (χ4n) is 2.61. The fourth-order valence-corrected chi connectivity index (χ4v) is 2.61. The van der Waals surface area contributed by atoms with E-state index in [0.717, 1.165) is 12.1 Å². The molecule has 5 nitrogen and oxygen atoms in total. The third-order valence-electron chi connectivity index (χ3n) is 3.91. The van der Waals surface area contributed by atoms with Crippen LogP contribution in [0.15, 0.2) is 48.0 Å². The maximum absolute atomic E-state index is 12.8. The third kappa shape index (κ3) is 4.43. The summed E-state index contributed by atoms with van der Waals surface area (Å²) in [5.74, 6) is 0.0930. The number of benzene rings is 2. The number of nitrogens with zero attached hydrogens (tertiary/aromatic N) is 1. The van der Waals surface area contributed by atoms with Crippen LogP contribution in [0.25, 0.3) is 6.08 Å². The zero-order chi connectivity index (χ0) is 20.1. The van der Waals surface area contributed by atoms with Crippen LogP contribution in [0.4, 0.5) is 18.9 Å². The van der Waals surface area contributed by atoms with Crippen molar-refractivity contribution in [2.75, 3.05) is 18.5 Å². The number of carbonyl (C=O) groups is 1. The highest BCUT2D eigenvalue weighted by molar-refractivity contribution is 6.09. The van der Waals surface area contributed by atoms with E-state index in [1.807, 2.05) is 0 Å². The van der Waals surface area contributed by atoms with Gasteiger partial charge < -0.3 is 14.8 Å². The number of nitrogens with one attached hydrogen (secondary N) is 1. The number of hydrogen-bond donors (Lipinski definition) is 1. The van der Waals surface area contributed by atoms with Crippen molar-refractivity contribution in [1.82, 2.24) is 0 Å². The average Bonchev–Trinajstić information content (AvgIpc) is 2.91. The van der Waals surface area contributed by atoms with Crippen LogP contribution in [-0.2, 0) is 11.0 Å². The molecule has 2 aromatic carbocycles. The van der Waals surface area contributed by atoms with E-state index in [1.165, 1.54) is 18.2 Å². The molecule has 28 heavy (non-hydrogen) atoms. The highest BCUT2D eigenvalue weighted by Gasteiger charge is 2.30. The van der Waals surface area contributed by atoms with Gasteiger partial charge in [0.1, 0.15) is 11.6 Å². The smallest absolute Gasteiger partial charge is 0.416 e. The standard InChI is InChI=1S/C20H15F3N2O3/c21-20(22,23)15-5-2-6-16(11-15)25-19(26)14(12-24)10-13-4-1-7-17-18(13)28-9-3-8-27-17/h1-2,4-7,10-11H,3,8-9H2,(H,25,26)/b14-10-. The fraction of sp³-hybridized carbons (Fsp3) is 0.200. The first kappa shape index (κ1) is 19.3. The minimum Gasteiger partial charge on any atom is -0.490 e. The van der Waals surface area contributed by atoms with Gasteiger partial charge in [0.2, 0.25) is 0 Å². The van der Waals surface area contributed by atoms with Crippen LogP contribution in [0.1, 0.15) is 17.5 Å². The second-order valence-corrected chi connectivity index (χ2v) is 5.93. The number of alkyl halides is 3. The van der Waals surface area contributed by atoms with Gasteiger partial charge >= 0.3 is 6.18 Å². The predicted octanol–water partition coefficient (Wildman–Crippen LogP) is 4.41. The Morgan fingerprint density at radius 3 is 2.64 bits per heavy atom. The van der Waals surface area contributed by atoms with Crippen LogP contribution >= 0.6 is 0 Å². The lowest BCUT2D eigenvalue weighted by Gasteiger charge is -2.11. The summed E-state index contributed by atoms with van der Waals surface area (Å²) in [7, 11) is 0. The topological polar surface area (TPSA) is 71.3 Å². The van der Waals surface area contributed by atoms with Gasteiger partial charge in [-0.05, 0) is 30.3 Å². The van der Waals surface area contributed by atoms with E-state index >= 15 is 0 Å². The molecule has 0 aromatic heterocycles. The molecular formula is C20H15F3N2O3. The number of amides is 1. The molecule has 1 amide bonds. The molecule has 0 saturated heterocycles. The van der Waals surface area contributed by atoms with Crippen molar-refractivity contribution in [2.45, 2.75) is 12.6 Å². The SMILES string of the molecule is N#C/C(=C/c1cccc2c1OCCCO2)C(=O)Nc1cccc(C(F)(F)F)c1. The number of nitriles is 1. The predicted molar refractivity (Wildman–Crippen MR) is 95.7 cm³/mol. The number of anilines is 1. The van der Waals surface area contributed by atoms with Crippen molar-refractivity contribution < 1.29 is 27.4 Å². The maximum Gasteiger partial charge on any atom is 0.416 e. The van der Waals surface area contributed by atoms with Crippen molar-refractivity contribution in [1.29, 1.82) is 5.26 Å². The lowest BCUT2D eigenvalue weighted by atomic mass is 10.1. The summed E-state index contributed by atoms with van der Waals surface area (Å²) in [6, 6.07) is 11.0. The Morgan fingerprint density at radius 2 is 1.89 bits per heavy atom. The Hall–Kier alpha value is -3.47. The van der Waals surface area contributed by atoms with Crippen LogP contribution in [0.2, 0.25) is 0 Å². The second kappa shape index (κ2) is 8.05. The van der Waals surface area contributed by atoms with E-state index in [9.17, 15) is 23.2 Å². The lowest BCUT2D eigenvalue weighted by Crippen LogP contribution is -2.14. The Labute approximate surface area is 159 Å². The van der Waals surface area contributed by atoms with Crippen molar-refractivity contribution in [3.05, 3.63) is 59.2 Å². The molecule has 0 radical (unpaired) electrons. The largest absolute Gasteiger partial charge is 0.490 e. The van der Waals surface area contributed by atoms with E-state index in [-0.39, 0.29) is 11.3 Å². The molecule has 0 unspecified atom stereocenters. The molecule has 0 atom stereocenters.